The van der Waals surface area contributed by atoms with E-state index in [9.17, 15) is 0 Å². The second-order valence-corrected chi connectivity index (χ2v) is 5.59. The maximum absolute atomic E-state index is 6.23. The molecule has 2 nitrogen and oxygen atoms in total. The van der Waals surface area contributed by atoms with E-state index < -0.39 is 0 Å². The van der Waals surface area contributed by atoms with E-state index in [1.54, 1.807) is 0 Å². The first-order chi connectivity index (χ1) is 7.79. The van der Waals surface area contributed by atoms with Crippen LogP contribution < -0.4 is 5.32 Å². The molecule has 0 aliphatic carbocycles. The van der Waals surface area contributed by atoms with E-state index in [1.807, 2.05) is 11.8 Å². The molecular formula is C12H16ClNOS. The molecule has 1 saturated heterocycles. The van der Waals surface area contributed by atoms with Gasteiger partial charge in [0.1, 0.15) is 0 Å². The standard InChI is InChI=1S/C12H16ClNOS/c1-2-14-6-9-3-4-10(5-12(9)13)16-11-7-15-8-11/h3-5,11,14H,2,6-8H2,1H3. The molecule has 0 amide bonds. The molecular weight excluding hydrogens is 242 g/mol. The van der Waals surface area contributed by atoms with Gasteiger partial charge in [0.05, 0.1) is 18.5 Å². The molecule has 4 heteroatoms. The maximum atomic E-state index is 6.23. The van der Waals surface area contributed by atoms with Crippen molar-refractivity contribution in [1.29, 1.82) is 0 Å². The Kier molecular flexibility index (Phi) is 4.53. The van der Waals surface area contributed by atoms with E-state index in [2.05, 4.69) is 30.4 Å². The van der Waals surface area contributed by atoms with E-state index in [0.717, 1.165) is 36.9 Å². The highest BCUT2D eigenvalue weighted by molar-refractivity contribution is 8.00. The molecule has 0 atom stereocenters. The van der Waals surface area contributed by atoms with E-state index in [4.69, 9.17) is 16.3 Å². The first-order valence-electron chi connectivity index (χ1n) is 5.53. The fourth-order valence-corrected chi connectivity index (χ4v) is 2.84. The Morgan fingerprint density at radius 1 is 1.50 bits per heavy atom. The van der Waals surface area contributed by atoms with Gasteiger partial charge in [0.25, 0.3) is 0 Å². The van der Waals surface area contributed by atoms with Gasteiger partial charge in [-0.15, -0.1) is 11.8 Å². The van der Waals surface area contributed by atoms with Crippen LogP contribution in [-0.2, 0) is 11.3 Å². The molecule has 1 aliphatic rings. The molecule has 0 aromatic heterocycles. The average molecular weight is 258 g/mol. The van der Waals surface area contributed by atoms with Gasteiger partial charge in [-0.25, -0.2) is 0 Å². The van der Waals surface area contributed by atoms with Crippen LogP contribution in [0.15, 0.2) is 23.1 Å². The largest absolute Gasteiger partial charge is 0.379 e. The topological polar surface area (TPSA) is 21.3 Å². The van der Waals surface area contributed by atoms with Crippen molar-refractivity contribution in [2.24, 2.45) is 0 Å². The summed E-state index contributed by atoms with van der Waals surface area (Å²) in [4.78, 5) is 1.23. The quantitative estimate of drug-likeness (QED) is 0.876. The Bertz CT molecular complexity index is 355. The normalized spacial score (nSPS) is 16.1. The van der Waals surface area contributed by atoms with Gasteiger partial charge in [-0.05, 0) is 24.2 Å². The molecule has 0 bridgehead atoms. The van der Waals surface area contributed by atoms with Crippen LogP contribution in [0.25, 0.3) is 0 Å². The summed E-state index contributed by atoms with van der Waals surface area (Å²) in [5.74, 6) is 0. The smallest absolute Gasteiger partial charge is 0.0611 e. The van der Waals surface area contributed by atoms with Crippen LogP contribution in [0.2, 0.25) is 5.02 Å². The van der Waals surface area contributed by atoms with E-state index in [1.165, 1.54) is 4.90 Å². The number of hydrogen-bond acceptors (Lipinski definition) is 3. The van der Waals surface area contributed by atoms with Crippen molar-refractivity contribution in [2.45, 2.75) is 23.6 Å². The zero-order chi connectivity index (χ0) is 11.4. The highest BCUT2D eigenvalue weighted by Gasteiger charge is 2.19. The number of benzene rings is 1. The zero-order valence-corrected chi connectivity index (χ0v) is 10.9. The number of halogens is 1. The second kappa shape index (κ2) is 5.92. The highest BCUT2D eigenvalue weighted by atomic mass is 35.5. The third-order valence-corrected chi connectivity index (χ3v) is 3.98. The van der Waals surface area contributed by atoms with Crippen molar-refractivity contribution < 1.29 is 4.74 Å². The summed E-state index contributed by atoms with van der Waals surface area (Å²) < 4.78 is 5.15. The molecule has 0 radical (unpaired) electrons. The summed E-state index contributed by atoms with van der Waals surface area (Å²) in [6, 6.07) is 6.30. The minimum atomic E-state index is 0.607. The van der Waals surface area contributed by atoms with Gasteiger partial charge in [0, 0.05) is 16.5 Å². The molecule has 0 spiro atoms. The molecule has 2 rings (SSSR count). The van der Waals surface area contributed by atoms with Gasteiger partial charge in [-0.2, -0.15) is 0 Å². The van der Waals surface area contributed by atoms with Crippen molar-refractivity contribution in [3.05, 3.63) is 28.8 Å². The highest BCUT2D eigenvalue weighted by Crippen LogP contribution is 2.30. The Morgan fingerprint density at radius 2 is 2.31 bits per heavy atom. The van der Waals surface area contributed by atoms with Crippen LogP contribution in [0.4, 0.5) is 0 Å². The van der Waals surface area contributed by atoms with Gasteiger partial charge in [0.15, 0.2) is 0 Å². The number of nitrogens with one attached hydrogen (secondary N) is 1. The summed E-state index contributed by atoms with van der Waals surface area (Å²) >= 11 is 8.07. The molecule has 1 aliphatic heterocycles. The van der Waals surface area contributed by atoms with Crippen LogP contribution in [0.3, 0.4) is 0 Å². The summed E-state index contributed by atoms with van der Waals surface area (Å²) in [6.07, 6.45) is 0. The van der Waals surface area contributed by atoms with Gasteiger partial charge in [-0.3, -0.25) is 0 Å². The summed E-state index contributed by atoms with van der Waals surface area (Å²) in [7, 11) is 0. The Labute approximate surface area is 106 Å². The van der Waals surface area contributed by atoms with Gasteiger partial charge < -0.3 is 10.1 Å². The lowest BCUT2D eigenvalue weighted by Gasteiger charge is -2.25. The predicted octanol–water partition coefficient (Wildman–Crippen LogP) is 2.94. The predicted molar refractivity (Wildman–Crippen MR) is 69.3 cm³/mol. The summed E-state index contributed by atoms with van der Waals surface area (Å²) in [5.41, 5.74) is 1.16. The first kappa shape index (κ1) is 12.2. The molecule has 0 saturated carbocycles. The minimum absolute atomic E-state index is 0.607. The third-order valence-electron chi connectivity index (χ3n) is 2.50. The lowest BCUT2D eigenvalue weighted by Crippen LogP contribution is -2.30. The van der Waals surface area contributed by atoms with Crippen molar-refractivity contribution in [3.8, 4) is 0 Å². The number of hydrogen-bond donors (Lipinski definition) is 1. The van der Waals surface area contributed by atoms with Crippen LogP contribution >= 0.6 is 23.4 Å². The first-order valence-corrected chi connectivity index (χ1v) is 6.79. The fraction of sp³-hybridized carbons (Fsp3) is 0.500. The minimum Gasteiger partial charge on any atom is -0.379 e. The number of ether oxygens (including phenoxy) is 1. The van der Waals surface area contributed by atoms with Gasteiger partial charge in [-0.1, -0.05) is 24.6 Å². The van der Waals surface area contributed by atoms with Crippen LogP contribution in [0.5, 0.6) is 0 Å². The molecule has 1 aromatic rings. The van der Waals surface area contributed by atoms with E-state index in [0.29, 0.717) is 5.25 Å². The lowest BCUT2D eigenvalue weighted by molar-refractivity contribution is 0.0455. The summed E-state index contributed by atoms with van der Waals surface area (Å²) in [6.45, 7) is 5.62. The van der Waals surface area contributed by atoms with Crippen molar-refractivity contribution in [2.75, 3.05) is 19.8 Å². The molecule has 1 aromatic carbocycles. The van der Waals surface area contributed by atoms with Crippen molar-refractivity contribution in [1.82, 2.24) is 5.32 Å². The molecule has 1 heterocycles. The molecule has 1 fully saturated rings. The zero-order valence-electron chi connectivity index (χ0n) is 9.33. The fourth-order valence-electron chi connectivity index (χ4n) is 1.48. The Balaban J connectivity index is 1.97. The van der Waals surface area contributed by atoms with Gasteiger partial charge in [0.2, 0.25) is 0 Å². The van der Waals surface area contributed by atoms with E-state index in [-0.39, 0.29) is 0 Å². The van der Waals surface area contributed by atoms with Gasteiger partial charge >= 0.3 is 0 Å². The average Bonchev–Trinajstić information content (AvgIpc) is 2.22. The van der Waals surface area contributed by atoms with Crippen LogP contribution in [0.1, 0.15) is 12.5 Å². The molecule has 16 heavy (non-hydrogen) atoms. The van der Waals surface area contributed by atoms with Crippen LogP contribution in [-0.4, -0.2) is 25.0 Å². The summed E-state index contributed by atoms with van der Waals surface area (Å²) in [5, 5.41) is 4.74. The van der Waals surface area contributed by atoms with Crippen molar-refractivity contribution >= 4 is 23.4 Å². The molecule has 88 valence electrons. The lowest BCUT2D eigenvalue weighted by atomic mass is 10.2. The third kappa shape index (κ3) is 3.14. The van der Waals surface area contributed by atoms with Crippen molar-refractivity contribution in [3.63, 3.8) is 0 Å². The Morgan fingerprint density at radius 3 is 2.88 bits per heavy atom. The number of rotatable bonds is 5. The molecule has 1 N–H and O–H groups in total. The SMILES string of the molecule is CCNCc1ccc(SC2COC2)cc1Cl. The maximum Gasteiger partial charge on any atom is 0.0611 e. The second-order valence-electron chi connectivity index (χ2n) is 3.81. The Hall–Kier alpha value is -0.220. The van der Waals surface area contributed by atoms with Crippen LogP contribution in [0, 0.1) is 0 Å². The van der Waals surface area contributed by atoms with E-state index >= 15 is 0 Å². The number of thioether (sulfide) groups is 1. The molecule has 0 unspecified atom stereocenters. The monoisotopic (exact) mass is 257 g/mol.